The van der Waals surface area contributed by atoms with Crippen molar-refractivity contribution in [1.29, 1.82) is 0 Å². The molecule has 5 heteroatoms. The van der Waals surface area contributed by atoms with Crippen molar-refractivity contribution in [2.75, 3.05) is 40.3 Å². The Labute approximate surface area is 111 Å². The Kier molecular flexibility index (Phi) is 13.9. The number of hydrogen-bond acceptors (Lipinski definition) is 2. The van der Waals surface area contributed by atoms with Gasteiger partial charge in [0.15, 0.2) is 5.96 Å². The molecule has 0 aliphatic carbocycles. The number of nitrogens with one attached hydrogen (secondary N) is 2. The van der Waals surface area contributed by atoms with Gasteiger partial charge in [-0.1, -0.05) is 0 Å². The fraction of sp³-hybridized carbons (Fsp3) is 0.900. The summed E-state index contributed by atoms with van der Waals surface area (Å²) in [4.78, 5) is 6.62. The van der Waals surface area contributed by atoms with Crippen LogP contribution in [0.1, 0.15) is 20.3 Å². The van der Waals surface area contributed by atoms with Crippen LogP contribution < -0.4 is 10.6 Å². The topological polar surface area (TPSA) is 39.7 Å². The molecule has 0 radical (unpaired) electrons. The van der Waals surface area contributed by atoms with Crippen molar-refractivity contribution in [2.24, 2.45) is 4.99 Å². The van der Waals surface area contributed by atoms with E-state index >= 15 is 0 Å². The molecule has 0 fully saturated rings. The van der Waals surface area contributed by atoms with Crippen LogP contribution in [0.5, 0.6) is 0 Å². The quantitative estimate of drug-likeness (QED) is 0.332. The van der Waals surface area contributed by atoms with Crippen LogP contribution in [0.4, 0.5) is 0 Å². The highest BCUT2D eigenvalue weighted by atomic mass is 127. The number of hydrogen-bond donors (Lipinski definition) is 2. The van der Waals surface area contributed by atoms with Gasteiger partial charge in [0.05, 0.1) is 0 Å². The van der Waals surface area contributed by atoms with Crippen molar-refractivity contribution in [3.63, 3.8) is 0 Å². The van der Waals surface area contributed by atoms with Crippen LogP contribution in [0.25, 0.3) is 0 Å². The smallest absolute Gasteiger partial charge is 0.191 e. The minimum absolute atomic E-state index is 0. The van der Waals surface area contributed by atoms with Gasteiger partial charge in [0.2, 0.25) is 0 Å². The molecule has 0 saturated heterocycles. The molecule has 0 aliphatic rings. The van der Waals surface area contributed by atoms with E-state index in [0.717, 1.165) is 38.6 Å². The molecule has 2 N–H and O–H groups in total. The molecular weight excluding hydrogens is 303 g/mol. The fourth-order valence-corrected chi connectivity index (χ4v) is 1.09. The maximum atomic E-state index is 4.44. The molecule has 0 atom stereocenters. The SMILES string of the molecule is CCNC(=NCCCN(C)C)NCC.I. The molecule has 0 heterocycles. The standard InChI is InChI=1S/C10H24N4.HI/c1-5-11-10(12-6-2)13-8-7-9-14(3)4;/h5-9H2,1-4H3,(H2,11,12,13);1H. The molecule has 0 rings (SSSR count). The second-order valence-corrected chi connectivity index (χ2v) is 3.45. The highest BCUT2D eigenvalue weighted by molar-refractivity contribution is 14.0. The van der Waals surface area contributed by atoms with E-state index in [9.17, 15) is 0 Å². The third-order valence-corrected chi connectivity index (χ3v) is 1.72. The molecule has 0 aromatic rings. The molecular formula is C10H25IN4. The monoisotopic (exact) mass is 328 g/mol. The van der Waals surface area contributed by atoms with Crippen molar-refractivity contribution >= 4 is 29.9 Å². The lowest BCUT2D eigenvalue weighted by molar-refractivity contribution is 0.403. The van der Waals surface area contributed by atoms with E-state index in [1.807, 2.05) is 0 Å². The molecule has 4 nitrogen and oxygen atoms in total. The maximum Gasteiger partial charge on any atom is 0.191 e. The molecule has 0 spiro atoms. The number of guanidine groups is 1. The summed E-state index contributed by atoms with van der Waals surface area (Å²) in [5, 5.41) is 6.39. The minimum atomic E-state index is 0. The Balaban J connectivity index is 0. The van der Waals surface area contributed by atoms with Gasteiger partial charge in [-0.15, -0.1) is 24.0 Å². The van der Waals surface area contributed by atoms with Crippen LogP contribution >= 0.6 is 24.0 Å². The van der Waals surface area contributed by atoms with E-state index in [1.54, 1.807) is 0 Å². The predicted molar refractivity (Wildman–Crippen MR) is 78.2 cm³/mol. The van der Waals surface area contributed by atoms with Gasteiger partial charge in [-0.3, -0.25) is 4.99 Å². The van der Waals surface area contributed by atoms with Crippen LogP contribution in [0.2, 0.25) is 0 Å². The van der Waals surface area contributed by atoms with Gasteiger partial charge in [0, 0.05) is 19.6 Å². The summed E-state index contributed by atoms with van der Waals surface area (Å²) >= 11 is 0. The van der Waals surface area contributed by atoms with Gasteiger partial charge < -0.3 is 15.5 Å². The largest absolute Gasteiger partial charge is 0.357 e. The van der Waals surface area contributed by atoms with E-state index in [4.69, 9.17) is 0 Å². The zero-order valence-electron chi connectivity index (χ0n) is 10.3. The van der Waals surface area contributed by atoms with Gasteiger partial charge in [-0.25, -0.2) is 0 Å². The summed E-state index contributed by atoms with van der Waals surface area (Å²) in [6, 6.07) is 0. The lowest BCUT2D eigenvalue weighted by Gasteiger charge is -2.10. The molecule has 0 aliphatic heterocycles. The molecule has 92 valence electrons. The summed E-state index contributed by atoms with van der Waals surface area (Å²) < 4.78 is 0. The third-order valence-electron chi connectivity index (χ3n) is 1.72. The molecule has 0 amide bonds. The Morgan fingerprint density at radius 3 is 2.07 bits per heavy atom. The van der Waals surface area contributed by atoms with Crippen LogP contribution in [0, 0.1) is 0 Å². The zero-order chi connectivity index (χ0) is 10.8. The van der Waals surface area contributed by atoms with E-state index in [1.165, 1.54) is 0 Å². The molecule has 0 bridgehead atoms. The van der Waals surface area contributed by atoms with Gasteiger partial charge in [-0.2, -0.15) is 0 Å². The van der Waals surface area contributed by atoms with Crippen LogP contribution in [-0.4, -0.2) is 51.1 Å². The predicted octanol–water partition coefficient (Wildman–Crippen LogP) is 1.13. The van der Waals surface area contributed by atoms with Gasteiger partial charge in [0.25, 0.3) is 0 Å². The Morgan fingerprint density at radius 1 is 1.13 bits per heavy atom. The third kappa shape index (κ3) is 11.9. The first kappa shape index (κ1) is 17.4. The van der Waals surface area contributed by atoms with Crippen LogP contribution in [-0.2, 0) is 0 Å². The molecule has 0 saturated carbocycles. The van der Waals surface area contributed by atoms with Crippen molar-refractivity contribution in [3.05, 3.63) is 0 Å². The van der Waals surface area contributed by atoms with Crippen molar-refractivity contribution in [3.8, 4) is 0 Å². The zero-order valence-corrected chi connectivity index (χ0v) is 12.7. The van der Waals surface area contributed by atoms with Crippen LogP contribution in [0.15, 0.2) is 4.99 Å². The highest BCUT2D eigenvalue weighted by Crippen LogP contribution is 1.84. The minimum Gasteiger partial charge on any atom is -0.357 e. The number of nitrogens with zero attached hydrogens (tertiary/aromatic N) is 2. The fourth-order valence-electron chi connectivity index (χ4n) is 1.09. The first-order valence-corrected chi connectivity index (χ1v) is 5.37. The first-order chi connectivity index (χ1) is 6.70. The first-order valence-electron chi connectivity index (χ1n) is 5.37. The number of rotatable bonds is 6. The number of halogens is 1. The second-order valence-electron chi connectivity index (χ2n) is 3.45. The normalized spacial score (nSPS) is 9.40. The number of aliphatic imine (C=N–C) groups is 1. The van der Waals surface area contributed by atoms with E-state index in [-0.39, 0.29) is 24.0 Å². The molecule has 15 heavy (non-hydrogen) atoms. The Bertz CT molecular complexity index is 152. The van der Waals surface area contributed by atoms with Crippen LogP contribution in [0.3, 0.4) is 0 Å². The summed E-state index contributed by atoms with van der Waals surface area (Å²) in [7, 11) is 4.17. The lowest BCUT2D eigenvalue weighted by atomic mass is 10.4. The van der Waals surface area contributed by atoms with Crippen molar-refractivity contribution < 1.29 is 0 Å². The van der Waals surface area contributed by atoms with E-state index < -0.39 is 0 Å². The van der Waals surface area contributed by atoms with Crippen molar-refractivity contribution in [1.82, 2.24) is 15.5 Å². The Morgan fingerprint density at radius 2 is 1.67 bits per heavy atom. The summed E-state index contributed by atoms with van der Waals surface area (Å²) in [6.07, 6.45) is 1.10. The molecule has 0 unspecified atom stereocenters. The lowest BCUT2D eigenvalue weighted by Crippen LogP contribution is -2.37. The summed E-state index contributed by atoms with van der Waals surface area (Å²) in [6.45, 7) is 7.96. The highest BCUT2D eigenvalue weighted by Gasteiger charge is 1.93. The maximum absolute atomic E-state index is 4.44. The van der Waals surface area contributed by atoms with Crippen molar-refractivity contribution in [2.45, 2.75) is 20.3 Å². The summed E-state index contributed by atoms with van der Waals surface area (Å²) in [5.41, 5.74) is 0. The second kappa shape index (κ2) is 12.0. The molecule has 0 aromatic heterocycles. The average molecular weight is 328 g/mol. The van der Waals surface area contributed by atoms with E-state index in [2.05, 4.69) is 48.5 Å². The summed E-state index contributed by atoms with van der Waals surface area (Å²) in [5.74, 6) is 0.925. The van der Waals surface area contributed by atoms with E-state index in [0.29, 0.717) is 0 Å². The average Bonchev–Trinajstić information content (AvgIpc) is 2.12. The Hall–Kier alpha value is -0.0400. The van der Waals surface area contributed by atoms with Gasteiger partial charge in [-0.05, 0) is 40.9 Å². The van der Waals surface area contributed by atoms with Gasteiger partial charge >= 0.3 is 0 Å². The molecule has 0 aromatic carbocycles. The van der Waals surface area contributed by atoms with Gasteiger partial charge in [0.1, 0.15) is 0 Å².